The van der Waals surface area contributed by atoms with Gasteiger partial charge in [-0.15, -0.1) is 0 Å². The van der Waals surface area contributed by atoms with E-state index in [1.807, 2.05) is 6.08 Å². The Morgan fingerprint density at radius 2 is 0.851 bits per heavy atom. The Bertz CT molecular complexity index is 1190. The minimum atomic E-state index is -1.58. The highest BCUT2D eigenvalue weighted by atomic mass is 16.7. The van der Waals surface area contributed by atoms with Gasteiger partial charge < -0.3 is 40.3 Å². The second-order valence-electron chi connectivity index (χ2n) is 19.7. The van der Waals surface area contributed by atoms with Crippen molar-refractivity contribution in [2.45, 2.75) is 301 Å². The lowest BCUT2D eigenvalue weighted by Crippen LogP contribution is -2.60. The van der Waals surface area contributed by atoms with Crippen molar-refractivity contribution in [2.24, 2.45) is 0 Å². The minimum absolute atomic E-state index is 0.194. The largest absolute Gasteiger partial charge is 0.394 e. The summed E-state index contributed by atoms with van der Waals surface area (Å²) >= 11 is 0. The van der Waals surface area contributed by atoms with Gasteiger partial charge in [0.25, 0.3) is 0 Å². The topological polar surface area (TPSA) is 149 Å². The van der Waals surface area contributed by atoms with E-state index in [1.165, 1.54) is 180 Å². The SMILES string of the molecule is CCCCCCCCCCCCC/C=C/CC/C=C/CC/C=C/C(O)C(COC1OC(CO)C(O)C(O)C1O)NC(=O)CCCCCCCCC/C=C\CCCCCCCCCCCCCC. The molecule has 1 aliphatic rings. The van der Waals surface area contributed by atoms with E-state index >= 15 is 0 Å². The maximum Gasteiger partial charge on any atom is 0.220 e. The predicted molar refractivity (Wildman–Crippen MR) is 281 cm³/mol. The van der Waals surface area contributed by atoms with E-state index < -0.39 is 49.5 Å². The number of hydrogen-bond acceptors (Lipinski definition) is 8. The second-order valence-corrected chi connectivity index (χ2v) is 19.7. The molecule has 1 rings (SSSR count). The van der Waals surface area contributed by atoms with E-state index in [0.29, 0.717) is 6.42 Å². The number of unbranched alkanes of at least 4 members (excludes halogenated alkanes) is 32. The lowest BCUT2D eigenvalue weighted by atomic mass is 9.99. The first-order valence-corrected chi connectivity index (χ1v) is 28.4. The Balaban J connectivity index is 2.28. The molecule has 7 atom stereocenters. The van der Waals surface area contributed by atoms with Crippen LogP contribution in [0.4, 0.5) is 0 Å². The number of carbonyl (C=O) groups is 1. The summed E-state index contributed by atoms with van der Waals surface area (Å²) < 4.78 is 11.2. The smallest absolute Gasteiger partial charge is 0.220 e. The summed E-state index contributed by atoms with van der Waals surface area (Å²) in [4.78, 5) is 13.0. The number of ether oxygens (including phenoxy) is 2. The van der Waals surface area contributed by atoms with Crippen LogP contribution in [0.5, 0.6) is 0 Å². The van der Waals surface area contributed by atoms with Crippen LogP contribution in [0.3, 0.4) is 0 Å². The number of aliphatic hydroxyl groups excluding tert-OH is 5. The van der Waals surface area contributed by atoms with Crippen molar-refractivity contribution in [3.63, 3.8) is 0 Å². The average Bonchev–Trinajstić information content (AvgIpc) is 3.33. The molecule has 7 unspecified atom stereocenters. The summed E-state index contributed by atoms with van der Waals surface area (Å²) in [6, 6.07) is -0.831. The van der Waals surface area contributed by atoms with Gasteiger partial charge in [-0.25, -0.2) is 0 Å². The molecule has 1 aliphatic heterocycles. The fourth-order valence-corrected chi connectivity index (χ4v) is 8.83. The molecule has 67 heavy (non-hydrogen) atoms. The van der Waals surface area contributed by atoms with Gasteiger partial charge in [-0.1, -0.05) is 229 Å². The van der Waals surface area contributed by atoms with E-state index in [4.69, 9.17) is 9.47 Å². The van der Waals surface area contributed by atoms with E-state index in [0.717, 1.165) is 57.8 Å². The molecule has 9 heteroatoms. The fourth-order valence-electron chi connectivity index (χ4n) is 8.83. The van der Waals surface area contributed by atoms with E-state index in [9.17, 15) is 30.3 Å². The predicted octanol–water partition coefficient (Wildman–Crippen LogP) is 13.7. The lowest BCUT2D eigenvalue weighted by Gasteiger charge is -2.40. The molecular formula is C58H107NO8. The van der Waals surface area contributed by atoms with Gasteiger partial charge in [-0.3, -0.25) is 4.79 Å². The molecule has 1 heterocycles. The van der Waals surface area contributed by atoms with Gasteiger partial charge in [-0.2, -0.15) is 0 Å². The number of nitrogens with one attached hydrogen (secondary N) is 1. The quantitative estimate of drug-likeness (QED) is 0.0261. The van der Waals surface area contributed by atoms with E-state index in [1.54, 1.807) is 6.08 Å². The molecule has 1 amide bonds. The molecule has 9 nitrogen and oxygen atoms in total. The lowest BCUT2D eigenvalue weighted by molar-refractivity contribution is -0.302. The maximum absolute atomic E-state index is 13.0. The molecule has 0 aliphatic carbocycles. The van der Waals surface area contributed by atoms with Gasteiger partial charge in [0.1, 0.15) is 24.4 Å². The first-order valence-electron chi connectivity index (χ1n) is 28.4. The maximum atomic E-state index is 13.0. The van der Waals surface area contributed by atoms with Crippen molar-refractivity contribution in [2.75, 3.05) is 13.2 Å². The third-order valence-electron chi connectivity index (χ3n) is 13.4. The molecule has 1 fully saturated rings. The zero-order valence-corrected chi connectivity index (χ0v) is 43.4. The van der Waals surface area contributed by atoms with Crippen molar-refractivity contribution in [1.82, 2.24) is 5.32 Å². The average molecular weight is 946 g/mol. The third kappa shape index (κ3) is 37.6. The van der Waals surface area contributed by atoms with Crippen molar-refractivity contribution in [3.8, 4) is 0 Å². The van der Waals surface area contributed by atoms with Crippen molar-refractivity contribution >= 4 is 5.91 Å². The Morgan fingerprint density at radius 3 is 1.25 bits per heavy atom. The number of allylic oxidation sites excluding steroid dienone is 7. The Morgan fingerprint density at radius 1 is 0.493 bits per heavy atom. The normalized spacial score (nSPS) is 20.0. The van der Waals surface area contributed by atoms with Crippen LogP contribution in [0.1, 0.15) is 258 Å². The first-order chi connectivity index (χ1) is 32.8. The Hall–Kier alpha value is -1.85. The van der Waals surface area contributed by atoms with Gasteiger partial charge in [-0.05, 0) is 70.6 Å². The number of aliphatic hydroxyl groups is 5. The van der Waals surface area contributed by atoms with Crippen LogP contribution in [-0.4, -0.2) is 87.5 Å². The molecule has 0 aromatic heterocycles. The summed E-state index contributed by atoms with van der Waals surface area (Å²) in [6.07, 6.45) is 56.0. The van der Waals surface area contributed by atoms with Crippen LogP contribution in [-0.2, 0) is 14.3 Å². The zero-order valence-electron chi connectivity index (χ0n) is 43.4. The van der Waals surface area contributed by atoms with Gasteiger partial charge in [0.15, 0.2) is 6.29 Å². The number of carbonyl (C=O) groups excluding carboxylic acids is 1. The highest BCUT2D eigenvalue weighted by Gasteiger charge is 2.44. The minimum Gasteiger partial charge on any atom is -0.394 e. The van der Waals surface area contributed by atoms with Crippen molar-refractivity contribution < 1.29 is 39.8 Å². The standard InChI is InChI=1S/C58H107NO8/c1-3-5-7-9-11-13-15-17-19-21-23-25-26-28-30-32-34-36-38-40-42-44-46-48-54(62)59-51(50-66-58-57(65)56(64)55(63)53(49-60)67-58)52(61)47-45-43-41-39-37-35-33-31-29-27-24-22-20-18-16-14-12-10-8-6-4-2/h28-31,37,39,45,47,51-53,55-58,60-61,63-65H,3-27,32-36,38,40-44,46,48-50H2,1-2H3,(H,59,62)/b30-28-,31-29+,39-37+,47-45+. The molecular weight excluding hydrogens is 839 g/mol. The molecule has 1 saturated heterocycles. The van der Waals surface area contributed by atoms with Crippen LogP contribution in [0.15, 0.2) is 48.6 Å². The summed E-state index contributed by atoms with van der Waals surface area (Å²) in [6.45, 7) is 3.78. The fraction of sp³-hybridized carbons (Fsp3) is 0.845. The molecule has 0 aromatic rings. The first kappa shape index (κ1) is 63.2. The van der Waals surface area contributed by atoms with Gasteiger partial charge >= 0.3 is 0 Å². The van der Waals surface area contributed by atoms with Crippen molar-refractivity contribution in [1.29, 1.82) is 0 Å². The molecule has 0 radical (unpaired) electrons. The van der Waals surface area contributed by atoms with Gasteiger partial charge in [0.2, 0.25) is 5.91 Å². The van der Waals surface area contributed by atoms with E-state index in [2.05, 4.69) is 55.6 Å². The molecule has 0 spiro atoms. The summed E-state index contributed by atoms with van der Waals surface area (Å²) in [7, 11) is 0. The van der Waals surface area contributed by atoms with Gasteiger partial charge in [0, 0.05) is 6.42 Å². The van der Waals surface area contributed by atoms with Crippen molar-refractivity contribution in [3.05, 3.63) is 48.6 Å². The number of rotatable bonds is 48. The second kappa shape index (κ2) is 47.8. The van der Waals surface area contributed by atoms with Crippen LogP contribution >= 0.6 is 0 Å². The Kier molecular flexibility index (Phi) is 45.1. The number of hydrogen-bond donors (Lipinski definition) is 6. The molecule has 6 N–H and O–H groups in total. The van der Waals surface area contributed by atoms with Crippen LogP contribution in [0.2, 0.25) is 0 Å². The summed E-state index contributed by atoms with van der Waals surface area (Å²) in [5, 5.41) is 54.4. The molecule has 0 saturated carbocycles. The van der Waals surface area contributed by atoms with Gasteiger partial charge in [0.05, 0.1) is 25.4 Å². The summed E-state index contributed by atoms with van der Waals surface area (Å²) in [5.41, 5.74) is 0. The molecule has 392 valence electrons. The van der Waals surface area contributed by atoms with Crippen LogP contribution in [0.25, 0.3) is 0 Å². The van der Waals surface area contributed by atoms with Crippen LogP contribution in [0, 0.1) is 0 Å². The highest BCUT2D eigenvalue weighted by Crippen LogP contribution is 2.23. The number of amides is 1. The van der Waals surface area contributed by atoms with Crippen LogP contribution < -0.4 is 5.32 Å². The third-order valence-corrected chi connectivity index (χ3v) is 13.4. The molecule has 0 aromatic carbocycles. The highest BCUT2D eigenvalue weighted by molar-refractivity contribution is 5.76. The van der Waals surface area contributed by atoms with E-state index in [-0.39, 0.29) is 12.5 Å². The Labute approximate surface area is 412 Å². The summed E-state index contributed by atoms with van der Waals surface area (Å²) in [5.74, 6) is -0.194. The zero-order chi connectivity index (χ0) is 48.7. The monoisotopic (exact) mass is 946 g/mol. The molecule has 0 bridgehead atoms.